The number of benzene rings is 1. The minimum Gasteiger partial charge on any atom is -0.447 e. The van der Waals surface area contributed by atoms with Gasteiger partial charge in [-0.15, -0.1) is 0 Å². The summed E-state index contributed by atoms with van der Waals surface area (Å²) >= 11 is 0. The highest BCUT2D eigenvalue weighted by Gasteiger charge is 2.39. The molecule has 3 heterocycles. The van der Waals surface area contributed by atoms with Crippen molar-refractivity contribution >= 4 is 28.9 Å². The van der Waals surface area contributed by atoms with Crippen molar-refractivity contribution < 1.29 is 23.6 Å². The number of fused-ring (bicyclic) bond motifs is 2. The number of nitrogens with zero attached hydrogens (tertiary/aromatic N) is 2. The van der Waals surface area contributed by atoms with Crippen LogP contribution in [0, 0.1) is 0 Å². The number of imide groups is 1. The summed E-state index contributed by atoms with van der Waals surface area (Å²) in [6.45, 7) is 0. The van der Waals surface area contributed by atoms with Crippen LogP contribution in [0.3, 0.4) is 0 Å². The number of rotatable bonds is 2. The van der Waals surface area contributed by atoms with Crippen molar-refractivity contribution in [2.75, 3.05) is 0 Å². The molecule has 2 amide bonds. The largest absolute Gasteiger partial charge is 0.447 e. The van der Waals surface area contributed by atoms with Crippen LogP contribution in [0.15, 0.2) is 53.1 Å². The van der Waals surface area contributed by atoms with Crippen LogP contribution in [-0.4, -0.2) is 27.8 Å². The predicted octanol–water partition coefficient (Wildman–Crippen LogP) is 2.20. The average Bonchev–Trinajstić information content (AvgIpc) is 3.11. The molecule has 23 heavy (non-hydrogen) atoms. The summed E-state index contributed by atoms with van der Waals surface area (Å²) < 4.78 is 5.30. The van der Waals surface area contributed by atoms with E-state index in [1.165, 1.54) is 18.2 Å². The maximum Gasteiger partial charge on any atom is 0.399 e. The first-order valence-electron chi connectivity index (χ1n) is 6.70. The van der Waals surface area contributed by atoms with Crippen LogP contribution in [-0.2, 0) is 4.84 Å². The van der Waals surface area contributed by atoms with Gasteiger partial charge in [0.1, 0.15) is 5.52 Å². The molecule has 4 rings (SSSR count). The first-order chi connectivity index (χ1) is 11.1. The zero-order valence-corrected chi connectivity index (χ0v) is 11.6. The van der Waals surface area contributed by atoms with Gasteiger partial charge < -0.3 is 9.25 Å². The van der Waals surface area contributed by atoms with Crippen molar-refractivity contribution in [1.29, 1.82) is 0 Å². The van der Waals surface area contributed by atoms with Gasteiger partial charge in [-0.05, 0) is 24.3 Å². The molecule has 3 aromatic rings. The lowest BCUT2D eigenvalue weighted by Crippen LogP contribution is -2.32. The molecule has 1 aliphatic heterocycles. The Morgan fingerprint density at radius 3 is 2.39 bits per heavy atom. The third-order valence-corrected chi connectivity index (χ3v) is 3.42. The molecular weight excluding hydrogens is 300 g/mol. The van der Waals surface area contributed by atoms with Gasteiger partial charge in [0, 0.05) is 12.3 Å². The summed E-state index contributed by atoms with van der Waals surface area (Å²) in [7, 11) is 0. The van der Waals surface area contributed by atoms with Gasteiger partial charge in [0.25, 0.3) is 11.8 Å². The second-order valence-corrected chi connectivity index (χ2v) is 4.83. The summed E-state index contributed by atoms with van der Waals surface area (Å²) in [5, 5.41) is 0.438. The average molecular weight is 308 g/mol. The molecule has 1 aliphatic rings. The molecule has 0 fully saturated rings. The number of hydrogen-bond donors (Lipinski definition) is 0. The molecule has 0 radical (unpaired) electrons. The Hall–Kier alpha value is -3.48. The molecule has 2 aromatic heterocycles. The first kappa shape index (κ1) is 13.2. The summed E-state index contributed by atoms with van der Waals surface area (Å²) in [4.78, 5) is 45.3. The highest BCUT2D eigenvalue weighted by atomic mass is 16.7. The number of pyridine rings is 1. The lowest BCUT2D eigenvalue weighted by Gasteiger charge is -2.11. The maximum absolute atomic E-state index is 12.1. The Bertz CT molecular complexity index is 907. The Balaban J connectivity index is 1.62. The van der Waals surface area contributed by atoms with Crippen LogP contribution >= 0.6 is 0 Å². The third-order valence-electron chi connectivity index (χ3n) is 3.42. The van der Waals surface area contributed by atoms with Gasteiger partial charge in [-0.3, -0.25) is 14.6 Å². The molecular formula is C16H8N2O5. The third kappa shape index (κ3) is 1.98. The van der Waals surface area contributed by atoms with E-state index >= 15 is 0 Å². The van der Waals surface area contributed by atoms with Crippen molar-refractivity contribution in [1.82, 2.24) is 10.0 Å². The predicted molar refractivity (Wildman–Crippen MR) is 76.4 cm³/mol. The zero-order chi connectivity index (χ0) is 16.0. The smallest absolute Gasteiger partial charge is 0.399 e. The Kier molecular flexibility index (Phi) is 2.74. The van der Waals surface area contributed by atoms with Crippen LogP contribution in [0.5, 0.6) is 0 Å². The molecule has 0 saturated carbocycles. The molecule has 0 saturated heterocycles. The van der Waals surface area contributed by atoms with Crippen LogP contribution in [0.2, 0.25) is 0 Å². The fourth-order valence-electron chi connectivity index (χ4n) is 2.35. The van der Waals surface area contributed by atoms with Gasteiger partial charge in [-0.2, -0.15) is 0 Å². The Morgan fingerprint density at radius 2 is 1.74 bits per heavy atom. The second-order valence-electron chi connectivity index (χ2n) is 4.83. The highest BCUT2D eigenvalue weighted by molar-refractivity contribution is 6.21. The number of hydroxylamine groups is 2. The van der Waals surface area contributed by atoms with Gasteiger partial charge in [0.05, 0.1) is 11.1 Å². The Labute approximate surface area is 129 Å². The monoisotopic (exact) mass is 308 g/mol. The van der Waals surface area contributed by atoms with Crippen LogP contribution < -0.4 is 0 Å². The summed E-state index contributed by atoms with van der Waals surface area (Å²) in [6.07, 6.45) is 1.55. The normalized spacial score (nSPS) is 13.5. The van der Waals surface area contributed by atoms with Gasteiger partial charge in [0.15, 0.2) is 5.58 Å². The maximum atomic E-state index is 12.1. The van der Waals surface area contributed by atoms with Gasteiger partial charge in [-0.25, -0.2) is 4.79 Å². The number of amides is 2. The highest BCUT2D eigenvalue weighted by Crippen LogP contribution is 2.24. The van der Waals surface area contributed by atoms with E-state index in [0.29, 0.717) is 16.2 Å². The standard InChI is InChI=1S/C16H8N2O5/c19-14-9-4-1-2-5-10(9)15(20)18(14)23-16(21)13-8-11-12(22-13)6-3-7-17-11/h1-8H. The molecule has 7 nitrogen and oxygen atoms in total. The van der Waals surface area contributed by atoms with E-state index in [2.05, 4.69) is 4.98 Å². The van der Waals surface area contributed by atoms with Gasteiger partial charge in [0.2, 0.25) is 5.76 Å². The molecule has 0 bridgehead atoms. The van der Waals surface area contributed by atoms with Crippen molar-refractivity contribution in [3.8, 4) is 0 Å². The summed E-state index contributed by atoms with van der Waals surface area (Å²) in [6, 6.07) is 10.9. The molecule has 1 aromatic carbocycles. The lowest BCUT2D eigenvalue weighted by molar-refractivity contribution is -0.0602. The van der Waals surface area contributed by atoms with E-state index in [1.54, 1.807) is 30.5 Å². The number of aromatic nitrogens is 1. The van der Waals surface area contributed by atoms with Crippen LogP contribution in [0.25, 0.3) is 11.1 Å². The lowest BCUT2D eigenvalue weighted by atomic mass is 10.1. The molecule has 0 spiro atoms. The number of furan rings is 1. The minimum absolute atomic E-state index is 0.143. The molecule has 7 heteroatoms. The van der Waals surface area contributed by atoms with E-state index < -0.39 is 17.8 Å². The number of carbonyl (C=O) groups is 3. The minimum atomic E-state index is -0.947. The SMILES string of the molecule is O=C(ON1C(=O)c2ccccc2C1=O)c1cc2ncccc2o1. The number of hydrogen-bond acceptors (Lipinski definition) is 6. The van der Waals surface area contributed by atoms with E-state index in [1.807, 2.05) is 0 Å². The van der Waals surface area contributed by atoms with Crippen molar-refractivity contribution in [2.45, 2.75) is 0 Å². The van der Waals surface area contributed by atoms with E-state index in [-0.39, 0.29) is 16.9 Å². The van der Waals surface area contributed by atoms with Crippen molar-refractivity contribution in [3.05, 3.63) is 65.5 Å². The number of carbonyl (C=O) groups excluding carboxylic acids is 3. The summed E-state index contributed by atoms with van der Waals surface area (Å²) in [5.41, 5.74) is 1.26. The van der Waals surface area contributed by atoms with E-state index in [4.69, 9.17) is 9.25 Å². The second kappa shape index (κ2) is 4.77. The topological polar surface area (TPSA) is 89.7 Å². The van der Waals surface area contributed by atoms with Crippen molar-refractivity contribution in [2.24, 2.45) is 0 Å². The zero-order valence-electron chi connectivity index (χ0n) is 11.6. The van der Waals surface area contributed by atoms with E-state index in [0.717, 1.165) is 0 Å². The van der Waals surface area contributed by atoms with Crippen LogP contribution in [0.4, 0.5) is 0 Å². The van der Waals surface area contributed by atoms with Crippen LogP contribution in [0.1, 0.15) is 31.3 Å². The first-order valence-corrected chi connectivity index (χ1v) is 6.70. The molecule has 0 atom stereocenters. The molecule has 112 valence electrons. The molecule has 0 unspecified atom stereocenters. The quantitative estimate of drug-likeness (QED) is 0.674. The van der Waals surface area contributed by atoms with E-state index in [9.17, 15) is 14.4 Å². The molecule has 0 N–H and O–H groups in total. The Morgan fingerprint density at radius 1 is 1.04 bits per heavy atom. The summed E-state index contributed by atoms with van der Waals surface area (Å²) in [5.74, 6) is -2.46. The van der Waals surface area contributed by atoms with Crippen molar-refractivity contribution in [3.63, 3.8) is 0 Å². The van der Waals surface area contributed by atoms with Gasteiger partial charge >= 0.3 is 5.97 Å². The molecule has 0 aliphatic carbocycles. The fraction of sp³-hybridized carbons (Fsp3) is 0. The van der Waals surface area contributed by atoms with Gasteiger partial charge in [-0.1, -0.05) is 17.2 Å². The fourth-order valence-corrected chi connectivity index (χ4v) is 2.35.